The first-order valence-electron chi connectivity index (χ1n) is 14.0. The number of fused-ring (bicyclic) bond motifs is 4. The molecule has 200 valence electrons. The summed E-state index contributed by atoms with van der Waals surface area (Å²) < 4.78 is 16.1. The van der Waals surface area contributed by atoms with Gasteiger partial charge in [0.2, 0.25) is 0 Å². The van der Waals surface area contributed by atoms with Gasteiger partial charge < -0.3 is 4.57 Å². The van der Waals surface area contributed by atoms with Crippen LogP contribution in [-0.2, 0) is 4.57 Å². The second-order valence-electron chi connectivity index (χ2n) is 10.8. The molecule has 1 atom stereocenters. The Hall–Kier alpha value is -5.05. The van der Waals surface area contributed by atoms with Crippen LogP contribution < -0.4 is 10.6 Å². The molecule has 8 rings (SSSR count). The van der Waals surface area contributed by atoms with Gasteiger partial charge in [-0.3, -0.25) is 0 Å². The van der Waals surface area contributed by atoms with Crippen LogP contribution in [-0.4, -0.2) is 21.3 Å². The Morgan fingerprint density at radius 3 is 1.98 bits per heavy atom. The number of hydrogen-bond acceptors (Lipinski definition) is 3. The topological polar surface area (TPSA) is 47.3 Å². The predicted molar refractivity (Wildman–Crippen MR) is 173 cm³/mol. The number of nitrogens with zero attached hydrogens (tertiary/aromatic N) is 3. The molecule has 7 aromatic rings. The number of aromatic nitrogens is 3. The van der Waals surface area contributed by atoms with Crippen molar-refractivity contribution in [1.29, 1.82) is 0 Å². The largest absolute Gasteiger partial charge is 0.314 e. The van der Waals surface area contributed by atoms with Gasteiger partial charge in [-0.1, -0.05) is 121 Å². The molecular formula is C37H26N3OP. The van der Waals surface area contributed by atoms with Gasteiger partial charge in [0.05, 0.1) is 0 Å². The lowest BCUT2D eigenvalue weighted by atomic mass is 9.98. The lowest BCUT2D eigenvalue weighted by Gasteiger charge is -2.14. The molecule has 0 saturated heterocycles. The zero-order valence-electron chi connectivity index (χ0n) is 23.0. The fourth-order valence-electron chi connectivity index (χ4n) is 6.20. The molecule has 42 heavy (non-hydrogen) atoms. The highest BCUT2D eigenvalue weighted by Gasteiger charge is 2.36. The van der Waals surface area contributed by atoms with Crippen LogP contribution in [0, 0.1) is 0 Å². The standard InChI is InChI=1S/C37H26N3OP/c1-42(41)34-21-9-8-18-31(34)32-20-11-19-30(35(32)42)27-16-10-17-28(22-27)36-38-37-33(26-14-6-3-7-15-26)23-29(24-40(37)39-36)25-12-4-2-5-13-25/h2-24H,1H3. The average Bonchev–Trinajstić information content (AvgIpc) is 3.59. The van der Waals surface area contributed by atoms with Crippen molar-refractivity contribution in [2.24, 2.45) is 0 Å². The lowest BCUT2D eigenvalue weighted by molar-refractivity contribution is 0.591. The summed E-state index contributed by atoms with van der Waals surface area (Å²) in [5.41, 5.74) is 10.2. The Labute approximate surface area is 244 Å². The van der Waals surface area contributed by atoms with E-state index in [2.05, 4.69) is 66.7 Å². The van der Waals surface area contributed by atoms with E-state index in [1.54, 1.807) is 0 Å². The van der Waals surface area contributed by atoms with Crippen LogP contribution in [0.15, 0.2) is 140 Å². The molecule has 0 radical (unpaired) electrons. The summed E-state index contributed by atoms with van der Waals surface area (Å²) in [6, 6.07) is 45.5. The third-order valence-electron chi connectivity index (χ3n) is 8.17. The second-order valence-corrected chi connectivity index (χ2v) is 13.6. The van der Waals surface area contributed by atoms with Gasteiger partial charge in [-0.15, -0.1) is 5.10 Å². The van der Waals surface area contributed by atoms with Gasteiger partial charge >= 0.3 is 0 Å². The highest BCUT2D eigenvalue weighted by atomic mass is 31.2. The fourth-order valence-corrected chi connectivity index (χ4v) is 8.78. The van der Waals surface area contributed by atoms with Gasteiger partial charge in [-0.25, -0.2) is 9.50 Å². The first-order chi connectivity index (χ1) is 20.6. The quantitative estimate of drug-likeness (QED) is 0.204. The van der Waals surface area contributed by atoms with E-state index in [4.69, 9.17) is 10.1 Å². The molecule has 1 aliphatic rings. The number of benzene rings is 5. The van der Waals surface area contributed by atoms with E-state index < -0.39 is 7.14 Å². The molecule has 4 nitrogen and oxygen atoms in total. The maximum Gasteiger partial charge on any atom is 0.182 e. The summed E-state index contributed by atoms with van der Waals surface area (Å²) in [7, 11) is -2.75. The number of rotatable bonds is 4. The van der Waals surface area contributed by atoms with Crippen LogP contribution in [0.25, 0.3) is 61.5 Å². The lowest BCUT2D eigenvalue weighted by Crippen LogP contribution is -2.11. The van der Waals surface area contributed by atoms with Crippen LogP contribution in [0.4, 0.5) is 0 Å². The van der Waals surface area contributed by atoms with Gasteiger partial charge in [0.1, 0.15) is 7.14 Å². The van der Waals surface area contributed by atoms with Crippen molar-refractivity contribution in [3.63, 3.8) is 0 Å². The fraction of sp³-hybridized carbons (Fsp3) is 0.0270. The summed E-state index contributed by atoms with van der Waals surface area (Å²) in [6.07, 6.45) is 2.05. The van der Waals surface area contributed by atoms with E-state index in [1.165, 1.54) is 0 Å². The molecule has 0 bridgehead atoms. The molecule has 0 N–H and O–H groups in total. The summed E-state index contributed by atoms with van der Waals surface area (Å²) >= 11 is 0. The van der Waals surface area contributed by atoms with Crippen molar-refractivity contribution >= 4 is 23.4 Å². The van der Waals surface area contributed by atoms with E-state index in [-0.39, 0.29) is 0 Å². The molecule has 5 heteroatoms. The van der Waals surface area contributed by atoms with E-state index in [0.717, 1.165) is 66.3 Å². The Bertz CT molecular complexity index is 2190. The monoisotopic (exact) mass is 559 g/mol. The van der Waals surface area contributed by atoms with Gasteiger partial charge in [-0.2, -0.15) is 0 Å². The van der Waals surface area contributed by atoms with Crippen molar-refractivity contribution in [2.45, 2.75) is 0 Å². The number of pyridine rings is 1. The van der Waals surface area contributed by atoms with Crippen LogP contribution in [0.3, 0.4) is 0 Å². The summed E-state index contributed by atoms with van der Waals surface area (Å²) in [5, 5.41) is 6.85. The second kappa shape index (κ2) is 9.51. The van der Waals surface area contributed by atoms with Gasteiger partial charge in [0.15, 0.2) is 11.5 Å². The molecule has 1 unspecified atom stereocenters. The Morgan fingerprint density at radius 1 is 0.548 bits per heavy atom. The summed E-state index contributed by atoms with van der Waals surface area (Å²) in [4.78, 5) is 5.06. The van der Waals surface area contributed by atoms with E-state index in [0.29, 0.717) is 5.82 Å². The minimum absolute atomic E-state index is 0.648. The van der Waals surface area contributed by atoms with E-state index in [9.17, 15) is 4.57 Å². The molecule has 2 aromatic heterocycles. The van der Waals surface area contributed by atoms with Crippen molar-refractivity contribution in [3.8, 4) is 55.9 Å². The SMILES string of the molecule is CP1(=O)c2ccccc2-c2cccc(-c3cccc(-c4nc5c(-c6ccccc6)cc(-c6ccccc6)cn5n4)c3)c21. The van der Waals surface area contributed by atoms with E-state index in [1.807, 2.05) is 84.1 Å². The highest BCUT2D eigenvalue weighted by molar-refractivity contribution is 7.79. The first-order valence-corrected chi connectivity index (χ1v) is 16.2. The smallest absolute Gasteiger partial charge is 0.182 e. The maximum absolute atomic E-state index is 14.2. The van der Waals surface area contributed by atoms with Crippen molar-refractivity contribution in [2.75, 3.05) is 6.66 Å². The normalized spacial score (nSPS) is 15.5. The van der Waals surface area contributed by atoms with Crippen LogP contribution in [0.2, 0.25) is 0 Å². The minimum atomic E-state index is -2.75. The van der Waals surface area contributed by atoms with Gasteiger partial charge in [0.25, 0.3) is 0 Å². The zero-order chi connectivity index (χ0) is 28.3. The Balaban J connectivity index is 1.28. The molecule has 5 aromatic carbocycles. The molecule has 0 amide bonds. The molecule has 0 fully saturated rings. The van der Waals surface area contributed by atoms with Crippen molar-refractivity contribution < 1.29 is 4.57 Å². The zero-order valence-corrected chi connectivity index (χ0v) is 23.9. The molecule has 0 saturated carbocycles. The molecular weight excluding hydrogens is 533 g/mol. The van der Waals surface area contributed by atoms with Gasteiger partial charge in [0, 0.05) is 33.5 Å². The third kappa shape index (κ3) is 3.88. The number of hydrogen-bond donors (Lipinski definition) is 0. The predicted octanol–water partition coefficient (Wildman–Crippen LogP) is 8.32. The third-order valence-corrected chi connectivity index (χ3v) is 10.8. The first kappa shape index (κ1) is 24.7. The van der Waals surface area contributed by atoms with E-state index >= 15 is 0 Å². The highest BCUT2D eigenvalue weighted by Crippen LogP contribution is 2.52. The maximum atomic E-state index is 14.2. The molecule has 0 aliphatic carbocycles. The van der Waals surface area contributed by atoms with Crippen molar-refractivity contribution in [3.05, 3.63) is 140 Å². The van der Waals surface area contributed by atoms with Gasteiger partial charge in [-0.05, 0) is 52.2 Å². The average molecular weight is 560 g/mol. The molecule has 3 heterocycles. The summed E-state index contributed by atoms with van der Waals surface area (Å²) in [5.74, 6) is 0.648. The Morgan fingerprint density at radius 2 is 1.17 bits per heavy atom. The van der Waals surface area contributed by atoms with Crippen molar-refractivity contribution in [1.82, 2.24) is 14.6 Å². The summed E-state index contributed by atoms with van der Waals surface area (Å²) in [6.45, 7) is 1.89. The molecule has 1 aliphatic heterocycles. The van der Waals surface area contributed by atoms with Crippen LogP contribution in [0.5, 0.6) is 0 Å². The molecule has 0 spiro atoms. The van der Waals surface area contributed by atoms with Crippen LogP contribution >= 0.6 is 7.14 Å². The Kier molecular flexibility index (Phi) is 5.60. The minimum Gasteiger partial charge on any atom is -0.314 e. The van der Waals surface area contributed by atoms with Crippen LogP contribution in [0.1, 0.15) is 0 Å².